The van der Waals surface area contributed by atoms with Crippen molar-refractivity contribution in [2.45, 2.75) is 26.7 Å². The molecule has 6 nitrogen and oxygen atoms in total. The number of thiazole rings is 1. The summed E-state index contributed by atoms with van der Waals surface area (Å²) in [6, 6.07) is 6.45. The molecule has 0 spiro atoms. The van der Waals surface area contributed by atoms with Crippen molar-refractivity contribution in [3.05, 3.63) is 45.4 Å². The number of anilines is 1. The van der Waals surface area contributed by atoms with E-state index in [2.05, 4.69) is 34.8 Å². The summed E-state index contributed by atoms with van der Waals surface area (Å²) in [6.45, 7) is 4.69. The van der Waals surface area contributed by atoms with E-state index >= 15 is 0 Å². The van der Waals surface area contributed by atoms with Gasteiger partial charge < -0.3 is 16.0 Å². The molecule has 24 heavy (non-hydrogen) atoms. The number of benzene rings is 1. The molecule has 7 heteroatoms. The van der Waals surface area contributed by atoms with E-state index in [1.165, 1.54) is 4.88 Å². The van der Waals surface area contributed by atoms with Crippen LogP contribution < -0.4 is 16.0 Å². The Morgan fingerprint density at radius 3 is 2.50 bits per heavy atom. The highest BCUT2D eigenvalue weighted by Gasteiger charge is 2.07. The first-order chi connectivity index (χ1) is 11.5. The highest BCUT2D eigenvalue weighted by Crippen LogP contribution is 2.18. The molecule has 1 aromatic carbocycles. The van der Waals surface area contributed by atoms with Crippen LogP contribution in [0, 0.1) is 6.92 Å². The first kappa shape index (κ1) is 17.9. The van der Waals surface area contributed by atoms with Crippen LogP contribution in [0.25, 0.3) is 0 Å². The summed E-state index contributed by atoms with van der Waals surface area (Å²) in [5, 5.41) is 9.15. The number of carbonyl (C=O) groups is 2. The number of rotatable bonds is 6. The molecule has 0 aliphatic rings. The highest BCUT2D eigenvalue weighted by atomic mass is 32.1. The molecule has 0 aliphatic carbocycles. The Kier molecular flexibility index (Phi) is 6.31. The number of aryl methyl sites for hydroxylation is 2. The number of amides is 3. The van der Waals surface area contributed by atoms with Gasteiger partial charge in [0.05, 0.1) is 10.7 Å². The maximum absolute atomic E-state index is 11.9. The number of aromatic nitrogens is 1. The maximum atomic E-state index is 11.9. The molecule has 0 atom stereocenters. The number of nitrogens with one attached hydrogen (secondary N) is 3. The summed E-state index contributed by atoms with van der Waals surface area (Å²) in [6.07, 6.45) is 1.65. The quantitative estimate of drug-likeness (QED) is 0.752. The second-order valence-corrected chi connectivity index (χ2v) is 6.54. The first-order valence-corrected chi connectivity index (χ1v) is 8.67. The largest absolute Gasteiger partial charge is 0.355 e. The van der Waals surface area contributed by atoms with Gasteiger partial charge in [0.15, 0.2) is 0 Å². The number of hydrogen-bond acceptors (Lipinski definition) is 4. The van der Waals surface area contributed by atoms with Gasteiger partial charge in [-0.25, -0.2) is 9.78 Å². The molecule has 0 unspecified atom stereocenters. The van der Waals surface area contributed by atoms with Gasteiger partial charge in [-0.1, -0.05) is 6.92 Å². The minimum Gasteiger partial charge on any atom is -0.355 e. The predicted molar refractivity (Wildman–Crippen MR) is 96.8 cm³/mol. The van der Waals surface area contributed by atoms with Gasteiger partial charge in [-0.15, -0.1) is 11.3 Å². The lowest BCUT2D eigenvalue weighted by atomic mass is 10.2. The number of hydrogen-bond donors (Lipinski definition) is 3. The fourth-order valence-electron chi connectivity index (χ4n) is 2.23. The van der Waals surface area contributed by atoms with Gasteiger partial charge >= 0.3 is 6.03 Å². The Hall–Kier alpha value is -2.41. The average Bonchev–Trinajstić information content (AvgIpc) is 2.94. The Morgan fingerprint density at radius 2 is 1.92 bits per heavy atom. The number of nitrogens with zero attached hydrogens (tertiary/aromatic N) is 1. The molecule has 0 bridgehead atoms. The highest BCUT2D eigenvalue weighted by molar-refractivity contribution is 7.11. The van der Waals surface area contributed by atoms with E-state index in [1.807, 2.05) is 0 Å². The minimum absolute atomic E-state index is 0.156. The summed E-state index contributed by atoms with van der Waals surface area (Å²) in [7, 11) is 1.58. The lowest BCUT2D eigenvalue weighted by Gasteiger charge is -2.07. The Balaban J connectivity index is 1.79. The zero-order chi connectivity index (χ0) is 17.5. The number of carbonyl (C=O) groups excluding carboxylic acids is 2. The van der Waals surface area contributed by atoms with Crippen LogP contribution in [0.1, 0.15) is 32.9 Å². The molecule has 0 saturated heterocycles. The second kappa shape index (κ2) is 8.44. The third kappa shape index (κ3) is 4.79. The lowest BCUT2D eigenvalue weighted by Crippen LogP contribution is -2.30. The fraction of sp³-hybridized carbons (Fsp3) is 0.353. The van der Waals surface area contributed by atoms with Gasteiger partial charge in [-0.2, -0.15) is 0 Å². The molecule has 0 saturated carbocycles. The molecular weight excluding hydrogens is 324 g/mol. The molecule has 3 N–H and O–H groups in total. The van der Waals surface area contributed by atoms with E-state index in [0.717, 1.165) is 17.1 Å². The van der Waals surface area contributed by atoms with Crippen molar-refractivity contribution in [3.8, 4) is 0 Å². The molecule has 2 rings (SSSR count). The van der Waals surface area contributed by atoms with Crippen molar-refractivity contribution in [1.82, 2.24) is 15.6 Å². The second-order valence-electron chi connectivity index (χ2n) is 5.25. The summed E-state index contributed by atoms with van der Waals surface area (Å²) >= 11 is 1.68. The summed E-state index contributed by atoms with van der Waals surface area (Å²) in [4.78, 5) is 29.1. The van der Waals surface area contributed by atoms with Crippen LogP contribution in [0.3, 0.4) is 0 Å². The van der Waals surface area contributed by atoms with Crippen LogP contribution in [-0.4, -0.2) is 30.5 Å². The van der Waals surface area contributed by atoms with E-state index in [9.17, 15) is 9.59 Å². The molecule has 3 amide bonds. The summed E-state index contributed by atoms with van der Waals surface area (Å²) in [5.41, 5.74) is 2.32. The van der Waals surface area contributed by atoms with Crippen molar-refractivity contribution < 1.29 is 9.59 Å². The summed E-state index contributed by atoms with van der Waals surface area (Å²) < 4.78 is 0. The lowest BCUT2D eigenvalue weighted by molar-refractivity contribution is 0.0963. The maximum Gasteiger partial charge on any atom is 0.319 e. The van der Waals surface area contributed by atoms with E-state index < -0.39 is 0 Å². The van der Waals surface area contributed by atoms with Crippen molar-refractivity contribution in [1.29, 1.82) is 0 Å². The van der Waals surface area contributed by atoms with Crippen LogP contribution in [0.2, 0.25) is 0 Å². The van der Waals surface area contributed by atoms with Gasteiger partial charge in [-0.3, -0.25) is 4.79 Å². The van der Waals surface area contributed by atoms with Gasteiger partial charge in [0.1, 0.15) is 0 Å². The normalized spacial score (nSPS) is 10.3. The first-order valence-electron chi connectivity index (χ1n) is 7.85. The van der Waals surface area contributed by atoms with Gasteiger partial charge in [0.2, 0.25) is 0 Å². The van der Waals surface area contributed by atoms with Gasteiger partial charge in [-0.05, 0) is 37.6 Å². The minimum atomic E-state index is -0.272. The van der Waals surface area contributed by atoms with Gasteiger partial charge in [0, 0.05) is 36.1 Å². The molecule has 1 aromatic heterocycles. The van der Waals surface area contributed by atoms with Crippen LogP contribution in [0.4, 0.5) is 10.5 Å². The van der Waals surface area contributed by atoms with Gasteiger partial charge in [0.25, 0.3) is 5.91 Å². The van der Waals surface area contributed by atoms with E-state index in [-0.39, 0.29) is 11.9 Å². The molecule has 0 radical (unpaired) electrons. The summed E-state index contributed by atoms with van der Waals surface area (Å²) in [5.74, 6) is -0.156. The van der Waals surface area contributed by atoms with Crippen LogP contribution in [-0.2, 0) is 12.8 Å². The van der Waals surface area contributed by atoms with Crippen LogP contribution in [0.5, 0.6) is 0 Å². The Morgan fingerprint density at radius 1 is 1.21 bits per heavy atom. The molecule has 0 aliphatic heterocycles. The van der Waals surface area contributed by atoms with Crippen molar-refractivity contribution in [2.75, 3.05) is 18.9 Å². The van der Waals surface area contributed by atoms with E-state index in [4.69, 9.17) is 0 Å². The SMILES string of the molecule is CCc1nc(CCNC(=O)Nc2ccc(C(=O)NC)cc2)sc1C. The number of urea groups is 1. The topological polar surface area (TPSA) is 83.1 Å². The Bertz CT molecular complexity index is 710. The molecule has 128 valence electrons. The monoisotopic (exact) mass is 346 g/mol. The predicted octanol–water partition coefficient (Wildman–Crippen LogP) is 2.74. The zero-order valence-corrected chi connectivity index (χ0v) is 14.9. The third-order valence-electron chi connectivity index (χ3n) is 3.53. The molecule has 2 aromatic rings. The smallest absolute Gasteiger partial charge is 0.319 e. The molecule has 0 fully saturated rings. The fourth-order valence-corrected chi connectivity index (χ4v) is 3.25. The van der Waals surface area contributed by atoms with E-state index in [1.54, 1.807) is 42.6 Å². The Labute approximate surface area is 145 Å². The van der Waals surface area contributed by atoms with Crippen molar-refractivity contribution in [3.63, 3.8) is 0 Å². The molecule has 1 heterocycles. The van der Waals surface area contributed by atoms with Crippen LogP contribution >= 0.6 is 11.3 Å². The third-order valence-corrected chi connectivity index (χ3v) is 4.60. The average molecular weight is 346 g/mol. The van der Waals surface area contributed by atoms with Crippen LogP contribution in [0.15, 0.2) is 24.3 Å². The zero-order valence-electron chi connectivity index (χ0n) is 14.1. The van der Waals surface area contributed by atoms with E-state index in [0.29, 0.717) is 24.2 Å². The van der Waals surface area contributed by atoms with Crippen molar-refractivity contribution in [2.24, 2.45) is 0 Å². The molecular formula is C17H22N4O2S. The van der Waals surface area contributed by atoms with Crippen molar-refractivity contribution >= 4 is 29.0 Å². The standard InChI is InChI=1S/C17H22N4O2S/c1-4-14-11(2)24-15(21-14)9-10-19-17(23)20-13-7-5-12(6-8-13)16(22)18-3/h5-8H,4,9-10H2,1-3H3,(H,18,22)(H2,19,20,23).